The fourth-order valence-electron chi connectivity index (χ4n) is 2.88. The van der Waals surface area contributed by atoms with Crippen LogP contribution in [-0.4, -0.2) is 35.7 Å². The average molecular weight is 358 g/mol. The van der Waals surface area contributed by atoms with Gasteiger partial charge in [-0.15, -0.1) is 10.2 Å². The number of amides is 2. The summed E-state index contributed by atoms with van der Waals surface area (Å²) in [6.07, 6.45) is 2.50. The highest BCUT2D eigenvalue weighted by atomic mass is 32.1. The van der Waals surface area contributed by atoms with E-state index >= 15 is 0 Å². The van der Waals surface area contributed by atoms with Gasteiger partial charge in [-0.3, -0.25) is 9.59 Å². The first kappa shape index (κ1) is 16.0. The molecule has 1 saturated carbocycles. The first-order valence-corrected chi connectivity index (χ1v) is 9.04. The van der Waals surface area contributed by atoms with Crippen molar-refractivity contribution in [1.82, 2.24) is 10.2 Å². The SMILES string of the molecule is COc1ccc(N2C[C@H](C(=O)Nc3nnc(C4CC4)s3)CC2=O)cc1. The standard InChI is InChI=1S/C17H18N4O3S/c1-24-13-6-4-12(5-7-13)21-9-11(8-14(21)22)15(23)18-17-20-19-16(25-17)10-2-3-10/h4-7,10-11H,2-3,8-9H2,1H3,(H,18,20,23)/t11-/m1/s1. The van der Waals surface area contributed by atoms with E-state index in [2.05, 4.69) is 15.5 Å². The Balaban J connectivity index is 1.40. The molecule has 25 heavy (non-hydrogen) atoms. The number of carbonyl (C=O) groups excluding carboxylic acids is 2. The third kappa shape index (κ3) is 3.34. The van der Waals surface area contributed by atoms with Crippen molar-refractivity contribution in [3.8, 4) is 5.75 Å². The summed E-state index contributed by atoms with van der Waals surface area (Å²) in [6.45, 7) is 0.366. The third-order valence-electron chi connectivity index (χ3n) is 4.48. The molecule has 4 rings (SSSR count). The number of carbonyl (C=O) groups is 2. The van der Waals surface area contributed by atoms with Crippen LogP contribution in [-0.2, 0) is 9.59 Å². The predicted octanol–water partition coefficient (Wildman–Crippen LogP) is 2.42. The highest BCUT2D eigenvalue weighted by Crippen LogP contribution is 2.42. The maximum Gasteiger partial charge on any atom is 0.231 e. The molecule has 1 aromatic heterocycles. The molecule has 1 atom stereocenters. The molecular weight excluding hydrogens is 340 g/mol. The van der Waals surface area contributed by atoms with Crippen molar-refractivity contribution in [2.45, 2.75) is 25.2 Å². The Morgan fingerprint density at radius 3 is 2.72 bits per heavy atom. The fraction of sp³-hybridized carbons (Fsp3) is 0.412. The summed E-state index contributed by atoms with van der Waals surface area (Å²) in [5.41, 5.74) is 0.771. The molecule has 2 heterocycles. The largest absolute Gasteiger partial charge is 0.497 e. The smallest absolute Gasteiger partial charge is 0.231 e. The lowest BCUT2D eigenvalue weighted by Gasteiger charge is -2.16. The summed E-state index contributed by atoms with van der Waals surface area (Å²) in [5, 5.41) is 12.4. The Morgan fingerprint density at radius 1 is 1.28 bits per heavy atom. The lowest BCUT2D eigenvalue weighted by molar-refractivity contribution is -0.122. The van der Waals surface area contributed by atoms with Crippen molar-refractivity contribution in [2.24, 2.45) is 5.92 Å². The van der Waals surface area contributed by atoms with Gasteiger partial charge in [-0.05, 0) is 37.1 Å². The number of ether oxygens (including phenoxy) is 1. The van der Waals surface area contributed by atoms with E-state index in [1.165, 1.54) is 11.3 Å². The molecule has 130 valence electrons. The Labute approximate surface area is 149 Å². The van der Waals surface area contributed by atoms with Gasteiger partial charge in [0.25, 0.3) is 0 Å². The summed E-state index contributed by atoms with van der Waals surface area (Å²) in [5.74, 6) is 0.626. The van der Waals surface area contributed by atoms with Crippen LogP contribution >= 0.6 is 11.3 Å². The van der Waals surface area contributed by atoms with Crippen LogP contribution in [0.5, 0.6) is 5.75 Å². The van der Waals surface area contributed by atoms with Crippen LogP contribution in [0, 0.1) is 5.92 Å². The Morgan fingerprint density at radius 2 is 2.04 bits per heavy atom. The van der Waals surface area contributed by atoms with Gasteiger partial charge >= 0.3 is 0 Å². The van der Waals surface area contributed by atoms with Crippen molar-refractivity contribution in [3.05, 3.63) is 29.3 Å². The highest BCUT2D eigenvalue weighted by Gasteiger charge is 2.36. The van der Waals surface area contributed by atoms with E-state index in [0.29, 0.717) is 17.6 Å². The van der Waals surface area contributed by atoms with Gasteiger partial charge in [0, 0.05) is 24.6 Å². The first-order chi connectivity index (χ1) is 12.1. The molecule has 2 fully saturated rings. The number of hydrogen-bond donors (Lipinski definition) is 1. The van der Waals surface area contributed by atoms with Gasteiger partial charge in [-0.2, -0.15) is 0 Å². The zero-order valence-corrected chi connectivity index (χ0v) is 14.6. The molecule has 2 aromatic rings. The molecule has 0 spiro atoms. The third-order valence-corrected chi connectivity index (χ3v) is 5.48. The van der Waals surface area contributed by atoms with Crippen LogP contribution in [0.3, 0.4) is 0 Å². The van der Waals surface area contributed by atoms with Crippen molar-refractivity contribution in [1.29, 1.82) is 0 Å². The molecule has 1 saturated heterocycles. The second-order valence-corrected chi connectivity index (χ2v) is 7.32. The number of hydrogen-bond acceptors (Lipinski definition) is 6. The molecule has 2 aliphatic rings. The van der Waals surface area contributed by atoms with Crippen LogP contribution in [0.4, 0.5) is 10.8 Å². The van der Waals surface area contributed by atoms with Gasteiger partial charge in [0.15, 0.2) is 0 Å². The van der Waals surface area contributed by atoms with Gasteiger partial charge in [-0.1, -0.05) is 11.3 Å². The van der Waals surface area contributed by atoms with Crippen LogP contribution < -0.4 is 15.0 Å². The van der Waals surface area contributed by atoms with Gasteiger partial charge in [0.2, 0.25) is 16.9 Å². The van der Waals surface area contributed by atoms with Gasteiger partial charge in [-0.25, -0.2) is 0 Å². The minimum Gasteiger partial charge on any atom is -0.497 e. The number of aromatic nitrogens is 2. The topological polar surface area (TPSA) is 84.4 Å². The molecule has 7 nitrogen and oxygen atoms in total. The molecular formula is C17H18N4O3S. The van der Waals surface area contributed by atoms with Crippen molar-refractivity contribution in [2.75, 3.05) is 23.9 Å². The summed E-state index contributed by atoms with van der Waals surface area (Å²) in [4.78, 5) is 26.4. The Kier molecular flexibility index (Phi) is 4.12. The highest BCUT2D eigenvalue weighted by molar-refractivity contribution is 7.15. The summed E-state index contributed by atoms with van der Waals surface area (Å²) in [7, 11) is 1.60. The van der Waals surface area contributed by atoms with Crippen molar-refractivity contribution < 1.29 is 14.3 Å². The monoisotopic (exact) mass is 358 g/mol. The van der Waals surface area contributed by atoms with E-state index in [1.807, 2.05) is 12.1 Å². The second kappa shape index (κ2) is 6.44. The first-order valence-electron chi connectivity index (χ1n) is 8.22. The minimum atomic E-state index is -0.386. The van der Waals surface area contributed by atoms with E-state index < -0.39 is 0 Å². The lowest BCUT2D eigenvalue weighted by atomic mass is 10.1. The molecule has 0 unspecified atom stereocenters. The molecule has 1 N–H and O–H groups in total. The molecule has 1 aliphatic heterocycles. The number of benzene rings is 1. The van der Waals surface area contributed by atoms with Gasteiger partial charge < -0.3 is 15.0 Å². The van der Waals surface area contributed by atoms with Crippen LogP contribution in [0.15, 0.2) is 24.3 Å². The zero-order valence-electron chi connectivity index (χ0n) is 13.8. The Bertz CT molecular complexity index is 800. The fourth-order valence-corrected chi connectivity index (χ4v) is 3.80. The quantitative estimate of drug-likeness (QED) is 0.887. The number of nitrogens with zero attached hydrogens (tertiary/aromatic N) is 3. The number of methoxy groups -OCH3 is 1. The minimum absolute atomic E-state index is 0.0544. The summed E-state index contributed by atoms with van der Waals surface area (Å²) < 4.78 is 5.13. The van der Waals surface area contributed by atoms with Crippen LogP contribution in [0.25, 0.3) is 0 Å². The number of anilines is 2. The normalized spacial score (nSPS) is 20.0. The maximum absolute atomic E-state index is 12.5. The van der Waals surface area contributed by atoms with E-state index in [4.69, 9.17) is 4.74 Å². The molecule has 0 radical (unpaired) electrons. The molecule has 8 heteroatoms. The maximum atomic E-state index is 12.5. The molecule has 2 amide bonds. The van der Waals surface area contributed by atoms with Crippen LogP contribution in [0.2, 0.25) is 0 Å². The van der Waals surface area contributed by atoms with Gasteiger partial charge in [0.05, 0.1) is 13.0 Å². The van der Waals surface area contributed by atoms with E-state index in [9.17, 15) is 9.59 Å². The molecule has 1 aromatic carbocycles. The zero-order chi connectivity index (χ0) is 17.4. The average Bonchev–Trinajstić information content (AvgIpc) is 3.25. The van der Waals surface area contributed by atoms with Crippen molar-refractivity contribution in [3.63, 3.8) is 0 Å². The van der Waals surface area contributed by atoms with Crippen LogP contribution in [0.1, 0.15) is 30.2 Å². The van der Waals surface area contributed by atoms with E-state index in [-0.39, 0.29) is 24.2 Å². The lowest BCUT2D eigenvalue weighted by Crippen LogP contribution is -2.28. The molecule has 1 aliphatic carbocycles. The predicted molar refractivity (Wildman–Crippen MR) is 94.0 cm³/mol. The summed E-state index contributed by atoms with van der Waals surface area (Å²) >= 11 is 1.43. The van der Waals surface area contributed by atoms with E-state index in [0.717, 1.165) is 29.3 Å². The molecule has 0 bridgehead atoms. The number of nitrogens with one attached hydrogen (secondary N) is 1. The van der Waals surface area contributed by atoms with Gasteiger partial charge in [0.1, 0.15) is 10.8 Å². The number of rotatable bonds is 5. The van der Waals surface area contributed by atoms with E-state index in [1.54, 1.807) is 24.1 Å². The Hall–Kier alpha value is -2.48. The summed E-state index contributed by atoms with van der Waals surface area (Å²) in [6, 6.07) is 7.25. The van der Waals surface area contributed by atoms with Crippen molar-refractivity contribution >= 4 is 34.0 Å². The second-order valence-electron chi connectivity index (χ2n) is 6.31.